The van der Waals surface area contributed by atoms with Crippen molar-refractivity contribution >= 4 is 17.3 Å². The third-order valence-electron chi connectivity index (χ3n) is 6.68. The van der Waals surface area contributed by atoms with Gasteiger partial charge in [-0.05, 0) is 61.4 Å². The third-order valence-corrected chi connectivity index (χ3v) is 6.68. The van der Waals surface area contributed by atoms with Crippen LogP contribution in [0.2, 0.25) is 0 Å². The van der Waals surface area contributed by atoms with Gasteiger partial charge in [0.25, 0.3) is 0 Å². The molecule has 2 atom stereocenters. The van der Waals surface area contributed by atoms with Crippen LogP contribution in [0.3, 0.4) is 0 Å². The summed E-state index contributed by atoms with van der Waals surface area (Å²) in [5.74, 6) is -0.966. The predicted molar refractivity (Wildman–Crippen MR) is 116 cm³/mol. The summed E-state index contributed by atoms with van der Waals surface area (Å²) >= 11 is 0. The molecule has 0 N–H and O–H groups in total. The van der Waals surface area contributed by atoms with E-state index in [2.05, 4.69) is 25.1 Å². The van der Waals surface area contributed by atoms with E-state index in [1.165, 1.54) is 6.08 Å². The van der Waals surface area contributed by atoms with Gasteiger partial charge in [-0.1, -0.05) is 52.8 Å². The lowest BCUT2D eigenvalue weighted by Crippen LogP contribution is -2.61. The highest BCUT2D eigenvalue weighted by atomic mass is 16.7. The molecule has 0 saturated carbocycles. The molecule has 156 valence electrons. The van der Waals surface area contributed by atoms with Crippen molar-refractivity contribution in [2.45, 2.75) is 74.8 Å². The van der Waals surface area contributed by atoms with Gasteiger partial charge in [0.05, 0.1) is 0 Å². The number of hydrogen-bond acceptors (Lipinski definition) is 4. The summed E-state index contributed by atoms with van der Waals surface area (Å²) in [6.07, 6.45) is 1.50. The number of carbonyl (C=O) groups excluding carboxylic acids is 2. The van der Waals surface area contributed by atoms with Crippen LogP contribution in [0.4, 0.5) is 0 Å². The predicted octanol–water partition coefficient (Wildman–Crippen LogP) is 5.18. The summed E-state index contributed by atoms with van der Waals surface area (Å²) in [5.41, 5.74) is 4.16. The van der Waals surface area contributed by atoms with E-state index in [0.717, 1.165) is 27.8 Å². The zero-order valence-corrected chi connectivity index (χ0v) is 19.4. The molecule has 0 saturated heterocycles. The Bertz CT molecular complexity index is 957. The highest BCUT2D eigenvalue weighted by Gasteiger charge is 2.66. The Labute approximate surface area is 174 Å². The first-order chi connectivity index (χ1) is 13.1. The smallest absolute Gasteiger partial charge is 0.219 e. The minimum atomic E-state index is -1.31. The molecule has 0 amide bonds. The molecule has 29 heavy (non-hydrogen) atoms. The SMILES string of the molecule is Cc1cc(C)c(C)c(C2=NOC3(C(C)(C)C)C(=O)C=C(C(C)(C)C)C(=O)C23)c1C. The van der Waals surface area contributed by atoms with E-state index in [4.69, 9.17) is 4.84 Å². The van der Waals surface area contributed by atoms with Crippen LogP contribution in [0.1, 0.15) is 69.4 Å². The molecule has 2 aliphatic rings. The number of rotatable bonds is 1. The van der Waals surface area contributed by atoms with E-state index in [-0.39, 0.29) is 11.6 Å². The fourth-order valence-electron chi connectivity index (χ4n) is 4.70. The van der Waals surface area contributed by atoms with Crippen LogP contribution in [0.25, 0.3) is 0 Å². The summed E-state index contributed by atoms with van der Waals surface area (Å²) < 4.78 is 0. The first-order valence-electron chi connectivity index (χ1n) is 10.3. The van der Waals surface area contributed by atoms with Gasteiger partial charge in [0, 0.05) is 16.6 Å². The Balaban J connectivity index is 2.33. The average molecular weight is 396 g/mol. The number of benzene rings is 1. The summed E-state index contributed by atoms with van der Waals surface area (Å²) in [4.78, 5) is 33.3. The standard InChI is InChI=1S/C25H33NO3/c1-13-11-14(2)16(4)19(15(13)3)21-20-22(28)17(23(5,6)7)12-18(27)25(20,29-26-21)24(8,9)10/h11-12,20H,1-10H3. The minimum Gasteiger partial charge on any atom is -0.379 e. The van der Waals surface area contributed by atoms with Gasteiger partial charge in [0.1, 0.15) is 11.6 Å². The normalized spacial score (nSPS) is 24.8. The van der Waals surface area contributed by atoms with E-state index in [1.54, 1.807) is 0 Å². The molecule has 3 rings (SSSR count). The van der Waals surface area contributed by atoms with Gasteiger partial charge in [-0.3, -0.25) is 9.59 Å². The summed E-state index contributed by atoms with van der Waals surface area (Å²) in [7, 11) is 0. The molecule has 1 heterocycles. The maximum Gasteiger partial charge on any atom is 0.219 e. The fraction of sp³-hybridized carbons (Fsp3) is 0.560. The van der Waals surface area contributed by atoms with Gasteiger partial charge in [0.2, 0.25) is 11.4 Å². The first-order valence-corrected chi connectivity index (χ1v) is 10.3. The van der Waals surface area contributed by atoms with Crippen molar-refractivity contribution in [3.05, 3.63) is 45.5 Å². The lowest BCUT2D eigenvalue weighted by Gasteiger charge is -2.44. The van der Waals surface area contributed by atoms with Crippen molar-refractivity contribution < 1.29 is 14.4 Å². The summed E-state index contributed by atoms with van der Waals surface area (Å²) in [6, 6.07) is 2.15. The van der Waals surface area contributed by atoms with E-state index in [9.17, 15) is 9.59 Å². The Kier molecular flexibility index (Phi) is 4.73. The van der Waals surface area contributed by atoms with Crippen LogP contribution in [0.5, 0.6) is 0 Å². The largest absolute Gasteiger partial charge is 0.379 e. The molecule has 4 nitrogen and oxygen atoms in total. The molecule has 0 bridgehead atoms. The Morgan fingerprint density at radius 2 is 1.45 bits per heavy atom. The first kappa shape index (κ1) is 21.5. The van der Waals surface area contributed by atoms with Crippen molar-refractivity contribution in [3.63, 3.8) is 0 Å². The van der Waals surface area contributed by atoms with Gasteiger partial charge in [-0.25, -0.2) is 0 Å². The molecule has 2 unspecified atom stereocenters. The van der Waals surface area contributed by atoms with Gasteiger partial charge >= 0.3 is 0 Å². The summed E-state index contributed by atoms with van der Waals surface area (Å²) in [6.45, 7) is 20.0. The van der Waals surface area contributed by atoms with Crippen molar-refractivity contribution in [1.82, 2.24) is 0 Å². The number of oxime groups is 1. The zero-order valence-electron chi connectivity index (χ0n) is 19.4. The maximum atomic E-state index is 13.8. The highest BCUT2D eigenvalue weighted by Crippen LogP contribution is 2.52. The number of aryl methyl sites for hydroxylation is 2. The van der Waals surface area contributed by atoms with Crippen LogP contribution < -0.4 is 0 Å². The number of Topliss-reactive ketones (excluding diaryl/α,β-unsaturated/α-hetero) is 1. The lowest BCUT2D eigenvalue weighted by atomic mass is 9.58. The topological polar surface area (TPSA) is 55.7 Å². The number of ketones is 2. The second-order valence-electron chi connectivity index (χ2n) is 10.7. The quantitative estimate of drug-likeness (QED) is 0.658. The Morgan fingerprint density at radius 3 is 1.90 bits per heavy atom. The molecule has 4 heteroatoms. The van der Waals surface area contributed by atoms with Crippen LogP contribution in [-0.2, 0) is 14.4 Å². The molecule has 0 spiro atoms. The van der Waals surface area contributed by atoms with E-state index < -0.39 is 22.3 Å². The fourth-order valence-corrected chi connectivity index (χ4v) is 4.70. The molecule has 1 aliphatic carbocycles. The number of nitrogens with zero attached hydrogens (tertiary/aromatic N) is 1. The molecule has 1 aliphatic heterocycles. The Morgan fingerprint density at radius 1 is 0.931 bits per heavy atom. The monoisotopic (exact) mass is 395 g/mol. The van der Waals surface area contributed by atoms with Gasteiger partial charge in [-0.15, -0.1) is 0 Å². The number of carbonyl (C=O) groups is 2. The second-order valence-corrected chi connectivity index (χ2v) is 10.7. The van der Waals surface area contributed by atoms with Crippen LogP contribution in [-0.4, -0.2) is 22.9 Å². The van der Waals surface area contributed by atoms with Gasteiger partial charge in [-0.2, -0.15) is 0 Å². The molecular formula is C25H33NO3. The van der Waals surface area contributed by atoms with Gasteiger partial charge < -0.3 is 4.84 Å². The zero-order chi connectivity index (χ0) is 22.1. The highest BCUT2D eigenvalue weighted by molar-refractivity contribution is 6.28. The Hall–Kier alpha value is -2.23. The van der Waals surface area contributed by atoms with Gasteiger partial charge in [0.15, 0.2) is 5.78 Å². The molecule has 0 fully saturated rings. The van der Waals surface area contributed by atoms with Crippen molar-refractivity contribution in [3.8, 4) is 0 Å². The average Bonchev–Trinajstić information content (AvgIpc) is 2.98. The van der Waals surface area contributed by atoms with Crippen LogP contribution in [0, 0.1) is 44.4 Å². The molecule has 0 radical (unpaired) electrons. The summed E-state index contributed by atoms with van der Waals surface area (Å²) in [5, 5.41) is 4.45. The second kappa shape index (κ2) is 6.38. The van der Waals surface area contributed by atoms with Crippen LogP contribution >= 0.6 is 0 Å². The maximum absolute atomic E-state index is 13.8. The molecule has 0 aromatic heterocycles. The number of allylic oxidation sites excluding steroid dienone is 1. The van der Waals surface area contributed by atoms with E-state index in [1.807, 2.05) is 55.4 Å². The van der Waals surface area contributed by atoms with Crippen molar-refractivity contribution in [2.24, 2.45) is 21.9 Å². The van der Waals surface area contributed by atoms with Crippen molar-refractivity contribution in [1.29, 1.82) is 0 Å². The molecule has 1 aromatic rings. The van der Waals surface area contributed by atoms with Crippen molar-refractivity contribution in [2.75, 3.05) is 0 Å². The molecule has 1 aromatic carbocycles. The number of fused-ring (bicyclic) bond motifs is 1. The van der Waals surface area contributed by atoms with E-state index >= 15 is 0 Å². The number of hydrogen-bond donors (Lipinski definition) is 0. The van der Waals surface area contributed by atoms with E-state index in [0.29, 0.717) is 11.3 Å². The third kappa shape index (κ3) is 2.91. The minimum absolute atomic E-state index is 0.0544. The lowest BCUT2D eigenvalue weighted by molar-refractivity contribution is -0.165. The van der Waals surface area contributed by atoms with Crippen LogP contribution in [0.15, 0.2) is 22.9 Å². The molecular weight excluding hydrogens is 362 g/mol.